The van der Waals surface area contributed by atoms with E-state index < -0.39 is 4.52 Å². The summed E-state index contributed by atoms with van der Waals surface area (Å²) in [5, 5.41) is 8.97. The number of carbonyl (C=O) groups is 1. The average molecular weight is 116 g/mol. The molecule has 0 bridgehead atoms. The second-order valence-electron chi connectivity index (χ2n) is 0.492. The molecule has 0 saturated carbocycles. The van der Waals surface area contributed by atoms with E-state index in [9.17, 15) is 0 Å². The first-order chi connectivity index (χ1) is 1.73. The first-order valence-electron chi connectivity index (χ1n) is 0.908. The van der Waals surface area contributed by atoms with E-state index >= 15 is 0 Å². The van der Waals surface area contributed by atoms with E-state index in [1.54, 1.807) is 0 Å². The van der Waals surface area contributed by atoms with Gasteiger partial charge in [-0.1, -0.05) is 0 Å². The normalized spacial score (nSPS) is 6.00. The van der Waals surface area contributed by atoms with Crippen molar-refractivity contribution < 1.29 is 9.90 Å². The molecule has 0 radical (unpaired) electrons. The van der Waals surface area contributed by atoms with Crippen LogP contribution in [0.15, 0.2) is 0 Å². The quantitative estimate of drug-likeness (QED) is 0.342. The first-order valence-corrected chi connectivity index (χ1v) is 3.01. The molecule has 0 atom stereocenters. The van der Waals surface area contributed by atoms with Crippen LogP contribution in [0.3, 0.4) is 0 Å². The van der Waals surface area contributed by atoms with E-state index in [4.69, 9.17) is 9.90 Å². The second kappa shape index (κ2) is 1.43. The summed E-state index contributed by atoms with van der Waals surface area (Å²) in [7, 11) is 0. The van der Waals surface area contributed by atoms with Gasteiger partial charge in [-0.3, -0.25) is 0 Å². The minimum atomic E-state index is -0.896. The van der Waals surface area contributed by atoms with Crippen LogP contribution in [0.1, 0.15) is 0 Å². The molecule has 3 heteroatoms. The fraction of sp³-hybridized carbons (Fsp3) is 0. The van der Waals surface area contributed by atoms with Crippen LogP contribution in [-0.2, 0) is 0 Å². The van der Waals surface area contributed by atoms with Gasteiger partial charge < -0.3 is 0 Å². The van der Waals surface area contributed by atoms with Gasteiger partial charge in [0, 0.05) is 0 Å². The van der Waals surface area contributed by atoms with Crippen LogP contribution in [0.2, 0.25) is 0 Å². The predicted molar refractivity (Wildman–Crippen MR) is 13.9 cm³/mol. The molecule has 0 fully saturated rings. The summed E-state index contributed by atoms with van der Waals surface area (Å²) in [4.78, 5) is 8.97. The van der Waals surface area contributed by atoms with Crippen LogP contribution in [0.25, 0.3) is 0 Å². The zero-order valence-electron chi connectivity index (χ0n) is 2.32. The number of carbonyl (C=O) groups excluding carboxylic acids is 1. The van der Waals surface area contributed by atoms with Gasteiger partial charge in [-0.25, -0.2) is 0 Å². The molecule has 0 aromatic heterocycles. The molecule has 4 heavy (non-hydrogen) atoms. The van der Waals surface area contributed by atoms with Crippen LogP contribution < -0.4 is 5.11 Å². The Kier molecular flexibility index (Phi) is 1.47. The van der Waals surface area contributed by atoms with Crippen LogP contribution in [0, 0.1) is 0 Å². The van der Waals surface area contributed by atoms with E-state index in [0.717, 1.165) is 0 Å². The standard InChI is InChI=1S/CO2.Ga.2H/c2-1-3;;;/q-1;;;. The Hall–Kier alpha value is 0.106. The number of carboxylic acid groups (broad SMARTS) is 1. The van der Waals surface area contributed by atoms with Gasteiger partial charge in [0.05, 0.1) is 0 Å². The van der Waals surface area contributed by atoms with Crippen LogP contribution in [0.5, 0.6) is 0 Å². The van der Waals surface area contributed by atoms with Crippen LogP contribution in [0.4, 0.5) is 4.79 Å². The topological polar surface area (TPSA) is 40.1 Å². The first kappa shape index (κ1) is 4.11. The maximum atomic E-state index is 8.97. The Labute approximate surface area is 33.7 Å². The predicted octanol–water partition coefficient (Wildman–Crippen LogP) is -2.04. The van der Waals surface area contributed by atoms with E-state index in [1.807, 2.05) is 0 Å². The molecule has 0 heterocycles. The van der Waals surface area contributed by atoms with Crippen molar-refractivity contribution in [2.24, 2.45) is 0 Å². The monoisotopic (exact) mass is 115 g/mol. The van der Waals surface area contributed by atoms with E-state index in [0.29, 0.717) is 0 Å². The molecule has 0 aliphatic carbocycles. The van der Waals surface area contributed by atoms with Crippen molar-refractivity contribution in [3.8, 4) is 0 Å². The Morgan fingerprint density at radius 2 is 2.00 bits per heavy atom. The van der Waals surface area contributed by atoms with Crippen molar-refractivity contribution in [1.82, 2.24) is 0 Å². The van der Waals surface area contributed by atoms with Crippen LogP contribution >= 0.6 is 0 Å². The number of hydrogen-bond donors (Lipinski definition) is 0. The van der Waals surface area contributed by atoms with Gasteiger partial charge >= 0.3 is 33.0 Å². The molecular weight excluding hydrogens is 114 g/mol. The van der Waals surface area contributed by atoms with E-state index in [2.05, 4.69) is 0 Å². The molecule has 22 valence electrons. The van der Waals surface area contributed by atoms with Gasteiger partial charge in [0.15, 0.2) is 0 Å². The van der Waals surface area contributed by atoms with Gasteiger partial charge in [-0.2, -0.15) is 0 Å². The van der Waals surface area contributed by atoms with E-state index in [1.165, 1.54) is 0 Å². The Morgan fingerprint density at radius 1 is 2.00 bits per heavy atom. The molecular formula is CH2GaO2-. The summed E-state index contributed by atoms with van der Waals surface area (Å²) in [6, 6.07) is 0. The summed E-state index contributed by atoms with van der Waals surface area (Å²) in [6.07, 6.45) is 0. The molecule has 0 aromatic rings. The number of rotatable bonds is 0. The zero-order chi connectivity index (χ0) is 3.58. The average Bonchev–Trinajstić information content (AvgIpc) is 0.811. The third-order valence-electron chi connectivity index (χ3n) is 0. The summed E-state index contributed by atoms with van der Waals surface area (Å²) in [5.74, 6) is 0. The summed E-state index contributed by atoms with van der Waals surface area (Å²) in [6.45, 7) is 0. The van der Waals surface area contributed by atoms with Crippen molar-refractivity contribution in [3.05, 3.63) is 0 Å². The molecule has 0 spiro atoms. The molecule has 0 aromatic carbocycles. The summed E-state index contributed by atoms with van der Waals surface area (Å²) < 4.78 is -0.896. The molecule has 0 saturated heterocycles. The van der Waals surface area contributed by atoms with Crippen molar-refractivity contribution >= 4 is 23.1 Å². The molecule has 0 N–H and O–H groups in total. The van der Waals surface area contributed by atoms with Crippen molar-refractivity contribution in [2.45, 2.75) is 0 Å². The molecule has 2 nitrogen and oxygen atoms in total. The minimum absolute atomic E-state index is 0.132. The molecule has 0 rings (SSSR count). The van der Waals surface area contributed by atoms with Crippen molar-refractivity contribution in [3.63, 3.8) is 0 Å². The van der Waals surface area contributed by atoms with Crippen LogP contribution in [-0.4, -0.2) is 23.1 Å². The molecule has 0 unspecified atom stereocenters. The summed E-state index contributed by atoms with van der Waals surface area (Å²) in [5.41, 5.74) is 0. The van der Waals surface area contributed by atoms with Crippen molar-refractivity contribution in [1.29, 1.82) is 0 Å². The number of hydrogen-bond acceptors (Lipinski definition) is 2. The third-order valence-corrected chi connectivity index (χ3v) is 0. The SMILES string of the molecule is O=[C]([O-])[GaH2]. The molecule has 0 aliphatic rings. The van der Waals surface area contributed by atoms with E-state index in [-0.39, 0.29) is 18.6 Å². The van der Waals surface area contributed by atoms with Gasteiger partial charge in [0.2, 0.25) is 0 Å². The fourth-order valence-electron chi connectivity index (χ4n) is 0. The molecule has 0 amide bonds. The summed E-state index contributed by atoms with van der Waals surface area (Å²) >= 11 is -0.132. The van der Waals surface area contributed by atoms with Gasteiger partial charge in [-0.05, 0) is 0 Å². The Morgan fingerprint density at radius 3 is 2.00 bits per heavy atom. The van der Waals surface area contributed by atoms with Gasteiger partial charge in [0.25, 0.3) is 0 Å². The zero-order valence-corrected chi connectivity index (χ0v) is 6.51. The maximum absolute atomic E-state index is 8.97. The third kappa shape index (κ3) is 228. The fourth-order valence-corrected chi connectivity index (χ4v) is 0. The second-order valence-corrected chi connectivity index (χ2v) is 2.20. The van der Waals surface area contributed by atoms with Gasteiger partial charge in [0.1, 0.15) is 0 Å². The Bertz CT molecular complexity index is 29.0. The van der Waals surface area contributed by atoms with Crippen molar-refractivity contribution in [2.75, 3.05) is 0 Å². The Balaban J connectivity index is 2.80. The molecule has 0 aliphatic heterocycles. The van der Waals surface area contributed by atoms with Gasteiger partial charge in [-0.15, -0.1) is 0 Å².